The number of amides is 2. The van der Waals surface area contributed by atoms with Crippen LogP contribution in [0.1, 0.15) is 48.2 Å². The van der Waals surface area contributed by atoms with Crippen LogP contribution < -0.4 is 16.2 Å². The summed E-state index contributed by atoms with van der Waals surface area (Å²) in [6.07, 6.45) is 6.58. The fourth-order valence-corrected chi connectivity index (χ4v) is 2.56. The molecule has 1 aliphatic carbocycles. The second kappa shape index (κ2) is 7.21. The quantitative estimate of drug-likeness (QED) is 0.573. The lowest BCUT2D eigenvalue weighted by Gasteiger charge is -2.21. The Kier molecular flexibility index (Phi) is 5.32. The van der Waals surface area contributed by atoms with Gasteiger partial charge in [-0.15, -0.1) is 0 Å². The van der Waals surface area contributed by atoms with Gasteiger partial charge in [-0.2, -0.15) is 0 Å². The Morgan fingerprint density at radius 1 is 1.24 bits per heavy atom. The Hall–Kier alpha value is -1.89. The highest BCUT2D eigenvalue weighted by Gasteiger charge is 2.21. The Balaban J connectivity index is 1.75. The van der Waals surface area contributed by atoms with Gasteiger partial charge >= 0.3 is 0 Å². The predicted octanol–water partition coefficient (Wildman–Crippen LogP) is 1.80. The van der Waals surface area contributed by atoms with Crippen LogP contribution in [0.25, 0.3) is 0 Å². The third-order valence-electron chi connectivity index (χ3n) is 3.61. The highest BCUT2D eigenvalue weighted by molar-refractivity contribution is 7.80. The van der Waals surface area contributed by atoms with E-state index >= 15 is 0 Å². The Morgan fingerprint density at radius 2 is 1.95 bits per heavy atom. The lowest BCUT2D eigenvalue weighted by atomic mass is 9.89. The number of carbonyl (C=O) groups is 2. The van der Waals surface area contributed by atoms with Gasteiger partial charge in [0.1, 0.15) is 5.76 Å². The standard InChI is InChI=1S/C14H19N3O3S/c1-9-11(7-8-20-9)13(19)16-17-14(21)15-12(18)10-5-3-2-4-6-10/h7-8,10H,2-6H2,1H3,(H,16,19)(H2,15,17,18,21). The van der Waals surface area contributed by atoms with Gasteiger partial charge in [0.15, 0.2) is 5.11 Å². The number of hydrazine groups is 1. The molecule has 0 atom stereocenters. The van der Waals surface area contributed by atoms with E-state index in [0.717, 1.165) is 25.7 Å². The van der Waals surface area contributed by atoms with Crippen molar-refractivity contribution in [3.63, 3.8) is 0 Å². The molecule has 1 saturated carbocycles. The molecule has 0 aromatic carbocycles. The van der Waals surface area contributed by atoms with Gasteiger partial charge in [0.2, 0.25) is 5.91 Å². The summed E-state index contributed by atoms with van der Waals surface area (Å²) in [4.78, 5) is 23.8. The van der Waals surface area contributed by atoms with E-state index in [1.165, 1.54) is 12.7 Å². The van der Waals surface area contributed by atoms with Crippen molar-refractivity contribution in [3.05, 3.63) is 23.7 Å². The van der Waals surface area contributed by atoms with Gasteiger partial charge in [0.25, 0.3) is 5.91 Å². The molecule has 7 heteroatoms. The summed E-state index contributed by atoms with van der Waals surface area (Å²) in [6, 6.07) is 1.57. The number of hydrogen-bond acceptors (Lipinski definition) is 4. The summed E-state index contributed by atoms with van der Waals surface area (Å²) in [6.45, 7) is 1.69. The highest BCUT2D eigenvalue weighted by Crippen LogP contribution is 2.23. The van der Waals surface area contributed by atoms with E-state index in [4.69, 9.17) is 16.6 Å². The Morgan fingerprint density at radius 3 is 2.57 bits per heavy atom. The van der Waals surface area contributed by atoms with Crippen molar-refractivity contribution >= 4 is 29.1 Å². The molecule has 1 fully saturated rings. The molecule has 2 amide bonds. The fourth-order valence-electron chi connectivity index (χ4n) is 2.41. The number of nitrogens with one attached hydrogen (secondary N) is 3. The normalized spacial score (nSPS) is 15.3. The van der Waals surface area contributed by atoms with Crippen LogP contribution in [0.4, 0.5) is 0 Å². The minimum absolute atomic E-state index is 0.0188. The summed E-state index contributed by atoms with van der Waals surface area (Å²) < 4.78 is 5.05. The molecular weight excluding hydrogens is 290 g/mol. The highest BCUT2D eigenvalue weighted by atomic mass is 32.1. The molecule has 114 valence electrons. The average Bonchev–Trinajstić information content (AvgIpc) is 2.92. The van der Waals surface area contributed by atoms with Crippen molar-refractivity contribution in [2.45, 2.75) is 39.0 Å². The maximum absolute atomic E-state index is 12.0. The van der Waals surface area contributed by atoms with E-state index in [1.54, 1.807) is 13.0 Å². The van der Waals surface area contributed by atoms with Crippen molar-refractivity contribution in [1.29, 1.82) is 0 Å². The van der Waals surface area contributed by atoms with Crippen LogP contribution in [-0.2, 0) is 4.79 Å². The van der Waals surface area contributed by atoms with Crippen LogP contribution in [0, 0.1) is 12.8 Å². The van der Waals surface area contributed by atoms with Gasteiger partial charge < -0.3 is 9.73 Å². The van der Waals surface area contributed by atoms with Crippen molar-refractivity contribution in [2.24, 2.45) is 5.92 Å². The molecule has 3 N–H and O–H groups in total. The first-order valence-electron chi connectivity index (χ1n) is 7.03. The lowest BCUT2D eigenvalue weighted by Crippen LogP contribution is -2.49. The third-order valence-corrected chi connectivity index (χ3v) is 3.81. The molecule has 0 spiro atoms. The minimum atomic E-state index is -0.365. The van der Waals surface area contributed by atoms with Crippen LogP contribution in [0.15, 0.2) is 16.7 Å². The summed E-state index contributed by atoms with van der Waals surface area (Å²) in [5.41, 5.74) is 5.38. The van der Waals surface area contributed by atoms with E-state index in [2.05, 4.69) is 16.2 Å². The van der Waals surface area contributed by atoms with Gasteiger partial charge in [0.05, 0.1) is 11.8 Å². The molecule has 0 saturated heterocycles. The molecular formula is C14H19N3O3S. The van der Waals surface area contributed by atoms with Crippen molar-refractivity contribution < 1.29 is 14.0 Å². The topological polar surface area (TPSA) is 83.4 Å². The summed E-state index contributed by atoms with van der Waals surface area (Å²) in [7, 11) is 0. The molecule has 0 radical (unpaired) electrons. The number of thiocarbonyl (C=S) groups is 1. The zero-order valence-corrected chi connectivity index (χ0v) is 12.7. The van der Waals surface area contributed by atoms with Crippen LogP contribution in [0.3, 0.4) is 0 Å². The first-order valence-corrected chi connectivity index (χ1v) is 7.44. The van der Waals surface area contributed by atoms with E-state index < -0.39 is 0 Å². The predicted molar refractivity (Wildman–Crippen MR) is 81.4 cm³/mol. The zero-order valence-electron chi connectivity index (χ0n) is 11.9. The van der Waals surface area contributed by atoms with Crippen LogP contribution >= 0.6 is 12.2 Å². The second-order valence-electron chi connectivity index (χ2n) is 5.12. The number of furan rings is 1. The van der Waals surface area contributed by atoms with Gasteiger partial charge in [-0.25, -0.2) is 0 Å². The molecule has 1 heterocycles. The van der Waals surface area contributed by atoms with E-state index in [9.17, 15) is 9.59 Å². The van der Waals surface area contributed by atoms with Gasteiger partial charge in [-0.3, -0.25) is 20.4 Å². The Bertz CT molecular complexity index is 535. The third kappa shape index (κ3) is 4.29. The Labute approximate surface area is 128 Å². The first-order chi connectivity index (χ1) is 10.1. The smallest absolute Gasteiger partial charge is 0.273 e. The van der Waals surface area contributed by atoms with E-state index in [-0.39, 0.29) is 22.8 Å². The lowest BCUT2D eigenvalue weighted by molar-refractivity contribution is -0.124. The molecule has 0 aliphatic heterocycles. The van der Waals surface area contributed by atoms with E-state index in [1.807, 2.05) is 0 Å². The summed E-state index contributed by atoms with van der Waals surface area (Å²) in [5, 5.41) is 2.71. The molecule has 6 nitrogen and oxygen atoms in total. The van der Waals surface area contributed by atoms with Crippen LogP contribution in [0.2, 0.25) is 0 Å². The molecule has 1 aromatic rings. The molecule has 1 aromatic heterocycles. The van der Waals surface area contributed by atoms with E-state index in [0.29, 0.717) is 11.3 Å². The molecule has 0 bridgehead atoms. The maximum atomic E-state index is 12.0. The van der Waals surface area contributed by atoms with Gasteiger partial charge in [-0.1, -0.05) is 19.3 Å². The zero-order chi connectivity index (χ0) is 15.2. The molecule has 0 unspecified atom stereocenters. The minimum Gasteiger partial charge on any atom is -0.469 e. The number of carbonyl (C=O) groups excluding carboxylic acids is 2. The SMILES string of the molecule is Cc1occc1C(=O)NNC(=S)NC(=O)C1CCCCC1. The average molecular weight is 309 g/mol. The van der Waals surface area contributed by atoms with Crippen molar-refractivity contribution in [3.8, 4) is 0 Å². The number of aryl methyl sites for hydroxylation is 1. The van der Waals surface area contributed by atoms with Crippen LogP contribution in [-0.4, -0.2) is 16.9 Å². The molecule has 1 aliphatic rings. The monoisotopic (exact) mass is 309 g/mol. The second-order valence-corrected chi connectivity index (χ2v) is 5.53. The summed E-state index contributed by atoms with van der Waals surface area (Å²) in [5.74, 6) is 0.0910. The van der Waals surface area contributed by atoms with Crippen molar-refractivity contribution in [1.82, 2.24) is 16.2 Å². The van der Waals surface area contributed by atoms with Crippen LogP contribution in [0.5, 0.6) is 0 Å². The largest absolute Gasteiger partial charge is 0.469 e. The molecule has 21 heavy (non-hydrogen) atoms. The maximum Gasteiger partial charge on any atom is 0.273 e. The van der Waals surface area contributed by atoms with Gasteiger partial charge in [0, 0.05) is 5.92 Å². The first kappa shape index (κ1) is 15.5. The summed E-state index contributed by atoms with van der Waals surface area (Å²) >= 11 is 5.00. The van der Waals surface area contributed by atoms with Gasteiger partial charge in [-0.05, 0) is 38.0 Å². The fraction of sp³-hybridized carbons (Fsp3) is 0.500. The number of hydrogen-bond donors (Lipinski definition) is 3. The molecule has 2 rings (SSSR count). The van der Waals surface area contributed by atoms with Crippen molar-refractivity contribution in [2.75, 3.05) is 0 Å². The number of rotatable bonds is 2.